The van der Waals surface area contributed by atoms with Gasteiger partial charge in [-0.25, -0.2) is 4.79 Å². The van der Waals surface area contributed by atoms with Gasteiger partial charge < -0.3 is 10.0 Å². The summed E-state index contributed by atoms with van der Waals surface area (Å²) in [5, 5.41) is 8.80. The first-order valence-corrected chi connectivity index (χ1v) is 5.24. The smallest absolute Gasteiger partial charge is 0.407 e. The number of aromatic nitrogens is 1. The van der Waals surface area contributed by atoms with Gasteiger partial charge in [0.25, 0.3) is 0 Å². The van der Waals surface area contributed by atoms with Crippen molar-refractivity contribution in [2.45, 2.75) is 0 Å². The Balaban J connectivity index is 2.17. The molecule has 15 heavy (non-hydrogen) atoms. The number of amides is 1. The van der Waals surface area contributed by atoms with Gasteiger partial charge in [0, 0.05) is 30.0 Å². The lowest BCUT2D eigenvalue weighted by Gasteiger charge is -2.11. The molecule has 0 saturated heterocycles. The van der Waals surface area contributed by atoms with E-state index in [1.807, 2.05) is 12.1 Å². The summed E-state index contributed by atoms with van der Waals surface area (Å²) in [7, 11) is 0. The van der Waals surface area contributed by atoms with E-state index in [1.165, 1.54) is 4.90 Å². The molecule has 2 rings (SSSR count). The molecule has 78 valence electrons. The molecule has 0 aliphatic carbocycles. The molecule has 4 nitrogen and oxygen atoms in total. The van der Waals surface area contributed by atoms with Crippen LogP contribution in [0.15, 0.2) is 29.0 Å². The standard InChI is InChI=1S/C10H9BrN2O2/c11-9-3-8(4-12-5-9)7-1-2-13(6-7)10(14)15/h1,3-5H,2,6H2,(H,14,15). The van der Waals surface area contributed by atoms with Crippen molar-refractivity contribution < 1.29 is 9.90 Å². The third kappa shape index (κ3) is 2.18. The van der Waals surface area contributed by atoms with Gasteiger partial charge in [0.15, 0.2) is 0 Å². The van der Waals surface area contributed by atoms with Gasteiger partial charge in [0.05, 0.1) is 0 Å². The Kier molecular flexibility index (Phi) is 2.73. The maximum Gasteiger partial charge on any atom is 0.407 e. The molecule has 1 amide bonds. The Morgan fingerprint density at radius 1 is 1.53 bits per heavy atom. The first-order chi connectivity index (χ1) is 7.16. The highest BCUT2D eigenvalue weighted by molar-refractivity contribution is 9.10. The summed E-state index contributed by atoms with van der Waals surface area (Å²) >= 11 is 3.33. The van der Waals surface area contributed by atoms with Crippen molar-refractivity contribution in [3.63, 3.8) is 0 Å². The van der Waals surface area contributed by atoms with Crippen LogP contribution in [0.1, 0.15) is 5.56 Å². The van der Waals surface area contributed by atoms with Gasteiger partial charge in [-0.3, -0.25) is 4.98 Å². The topological polar surface area (TPSA) is 53.4 Å². The minimum absolute atomic E-state index is 0.438. The number of pyridine rings is 1. The molecule has 0 atom stereocenters. The van der Waals surface area contributed by atoms with Crippen LogP contribution in [0.5, 0.6) is 0 Å². The van der Waals surface area contributed by atoms with Crippen molar-refractivity contribution in [2.24, 2.45) is 0 Å². The monoisotopic (exact) mass is 268 g/mol. The molecular weight excluding hydrogens is 260 g/mol. The van der Waals surface area contributed by atoms with E-state index in [-0.39, 0.29) is 0 Å². The number of carboxylic acid groups (broad SMARTS) is 1. The van der Waals surface area contributed by atoms with E-state index in [0.29, 0.717) is 13.1 Å². The van der Waals surface area contributed by atoms with Crippen LogP contribution in [-0.4, -0.2) is 34.2 Å². The van der Waals surface area contributed by atoms with Gasteiger partial charge >= 0.3 is 6.09 Å². The molecule has 0 unspecified atom stereocenters. The number of hydrogen-bond donors (Lipinski definition) is 1. The molecule has 0 radical (unpaired) electrons. The second kappa shape index (κ2) is 4.02. The van der Waals surface area contributed by atoms with E-state index < -0.39 is 6.09 Å². The van der Waals surface area contributed by atoms with E-state index in [1.54, 1.807) is 12.4 Å². The summed E-state index contributed by atoms with van der Waals surface area (Å²) in [5.74, 6) is 0. The molecule has 1 aromatic heterocycles. The summed E-state index contributed by atoms with van der Waals surface area (Å²) in [5.41, 5.74) is 1.97. The van der Waals surface area contributed by atoms with Crippen LogP contribution >= 0.6 is 15.9 Å². The number of hydrogen-bond acceptors (Lipinski definition) is 2. The van der Waals surface area contributed by atoms with Crippen LogP contribution < -0.4 is 0 Å². The number of halogens is 1. The normalized spacial score (nSPS) is 15.3. The van der Waals surface area contributed by atoms with Crippen molar-refractivity contribution >= 4 is 27.6 Å². The molecule has 1 aromatic rings. The zero-order chi connectivity index (χ0) is 10.8. The van der Waals surface area contributed by atoms with Crippen LogP contribution in [-0.2, 0) is 0 Å². The molecule has 0 spiro atoms. The molecule has 0 saturated carbocycles. The molecule has 1 aliphatic rings. The summed E-state index contributed by atoms with van der Waals surface area (Å²) in [4.78, 5) is 16.1. The lowest BCUT2D eigenvalue weighted by Crippen LogP contribution is -2.26. The highest BCUT2D eigenvalue weighted by Crippen LogP contribution is 2.22. The van der Waals surface area contributed by atoms with E-state index in [2.05, 4.69) is 20.9 Å². The molecular formula is C10H9BrN2O2. The molecule has 0 aromatic carbocycles. The fourth-order valence-electron chi connectivity index (χ4n) is 1.50. The molecule has 1 aliphatic heterocycles. The van der Waals surface area contributed by atoms with Crippen molar-refractivity contribution in [1.82, 2.24) is 9.88 Å². The van der Waals surface area contributed by atoms with Gasteiger partial charge in [-0.2, -0.15) is 0 Å². The molecule has 2 heterocycles. The quantitative estimate of drug-likeness (QED) is 0.850. The molecule has 1 N–H and O–H groups in total. The Hall–Kier alpha value is -1.36. The predicted molar refractivity (Wildman–Crippen MR) is 59.5 cm³/mol. The van der Waals surface area contributed by atoms with Gasteiger partial charge in [0.2, 0.25) is 0 Å². The Labute approximate surface area is 95.4 Å². The van der Waals surface area contributed by atoms with Crippen LogP contribution in [0.4, 0.5) is 4.79 Å². The minimum Gasteiger partial charge on any atom is -0.465 e. The maximum atomic E-state index is 10.7. The largest absolute Gasteiger partial charge is 0.465 e. The Morgan fingerprint density at radius 2 is 2.33 bits per heavy atom. The number of nitrogens with zero attached hydrogens (tertiary/aromatic N) is 2. The van der Waals surface area contributed by atoms with Crippen molar-refractivity contribution in [1.29, 1.82) is 0 Å². The van der Waals surface area contributed by atoms with Crippen molar-refractivity contribution in [2.75, 3.05) is 13.1 Å². The Bertz CT molecular complexity index is 431. The fraction of sp³-hybridized carbons (Fsp3) is 0.200. The van der Waals surface area contributed by atoms with E-state index >= 15 is 0 Å². The van der Waals surface area contributed by atoms with Gasteiger partial charge in [-0.1, -0.05) is 6.08 Å². The third-order valence-electron chi connectivity index (χ3n) is 2.27. The third-order valence-corrected chi connectivity index (χ3v) is 2.70. The fourth-order valence-corrected chi connectivity index (χ4v) is 1.86. The van der Waals surface area contributed by atoms with Gasteiger partial charge in [-0.05, 0) is 33.1 Å². The second-order valence-corrected chi connectivity index (χ2v) is 4.20. The summed E-state index contributed by atoms with van der Waals surface area (Å²) < 4.78 is 0.898. The SMILES string of the molecule is O=C(O)N1CC=C(c2cncc(Br)c2)C1. The van der Waals surface area contributed by atoms with Crippen LogP contribution in [0.25, 0.3) is 5.57 Å². The maximum absolute atomic E-state index is 10.7. The molecule has 0 bridgehead atoms. The second-order valence-electron chi connectivity index (χ2n) is 3.28. The zero-order valence-electron chi connectivity index (χ0n) is 7.85. The van der Waals surface area contributed by atoms with Crippen LogP contribution in [0.2, 0.25) is 0 Å². The molecule has 0 fully saturated rings. The summed E-state index contributed by atoms with van der Waals surface area (Å²) in [6.45, 7) is 0.893. The summed E-state index contributed by atoms with van der Waals surface area (Å²) in [6.07, 6.45) is 4.47. The van der Waals surface area contributed by atoms with Gasteiger partial charge in [-0.15, -0.1) is 0 Å². The average Bonchev–Trinajstić information content (AvgIpc) is 2.66. The summed E-state index contributed by atoms with van der Waals surface area (Å²) in [6, 6.07) is 1.93. The van der Waals surface area contributed by atoms with E-state index in [0.717, 1.165) is 15.6 Å². The first-order valence-electron chi connectivity index (χ1n) is 4.44. The van der Waals surface area contributed by atoms with Crippen molar-refractivity contribution in [3.8, 4) is 0 Å². The van der Waals surface area contributed by atoms with Crippen molar-refractivity contribution in [3.05, 3.63) is 34.6 Å². The minimum atomic E-state index is -0.885. The van der Waals surface area contributed by atoms with E-state index in [4.69, 9.17) is 5.11 Å². The Morgan fingerprint density at radius 3 is 2.93 bits per heavy atom. The lowest BCUT2D eigenvalue weighted by molar-refractivity contribution is 0.158. The molecule has 5 heteroatoms. The first kappa shape index (κ1) is 10.2. The lowest BCUT2D eigenvalue weighted by atomic mass is 10.1. The zero-order valence-corrected chi connectivity index (χ0v) is 9.44. The van der Waals surface area contributed by atoms with Crippen LogP contribution in [0.3, 0.4) is 0 Å². The average molecular weight is 269 g/mol. The number of rotatable bonds is 1. The number of carbonyl (C=O) groups is 1. The predicted octanol–water partition coefficient (Wildman–Crippen LogP) is 2.22. The highest BCUT2D eigenvalue weighted by atomic mass is 79.9. The van der Waals surface area contributed by atoms with Gasteiger partial charge in [0.1, 0.15) is 0 Å². The van der Waals surface area contributed by atoms with Crippen LogP contribution in [0, 0.1) is 0 Å². The highest BCUT2D eigenvalue weighted by Gasteiger charge is 2.19. The van der Waals surface area contributed by atoms with E-state index in [9.17, 15) is 4.79 Å².